The van der Waals surface area contributed by atoms with Gasteiger partial charge in [-0.2, -0.15) is 0 Å². The first-order valence-electron chi connectivity index (χ1n) is 5.57. The van der Waals surface area contributed by atoms with Crippen LogP contribution in [0.2, 0.25) is 5.02 Å². The van der Waals surface area contributed by atoms with Crippen LogP contribution in [0.4, 0.5) is 0 Å². The van der Waals surface area contributed by atoms with Crippen LogP contribution in [0.15, 0.2) is 24.3 Å². The van der Waals surface area contributed by atoms with Crippen molar-refractivity contribution < 1.29 is 0 Å². The Morgan fingerprint density at radius 2 is 2.20 bits per heavy atom. The van der Waals surface area contributed by atoms with E-state index in [1.807, 2.05) is 12.1 Å². The third-order valence-corrected chi connectivity index (χ3v) is 3.61. The van der Waals surface area contributed by atoms with E-state index in [1.165, 1.54) is 24.8 Å². The lowest BCUT2D eigenvalue weighted by Crippen LogP contribution is -2.37. The maximum atomic E-state index is 6.03. The van der Waals surface area contributed by atoms with Crippen molar-refractivity contribution in [3.63, 3.8) is 0 Å². The van der Waals surface area contributed by atoms with Gasteiger partial charge in [0.15, 0.2) is 0 Å². The topological polar surface area (TPSA) is 26.0 Å². The monoisotopic (exact) mass is 222 g/mol. The van der Waals surface area contributed by atoms with Gasteiger partial charge < -0.3 is 5.73 Å². The Hall–Kier alpha value is -0.530. The highest BCUT2D eigenvalue weighted by atomic mass is 35.5. The molecule has 2 rings (SSSR count). The van der Waals surface area contributed by atoms with Crippen molar-refractivity contribution in [3.8, 4) is 0 Å². The fraction of sp³-hybridized carbons (Fsp3) is 0.462. The van der Waals surface area contributed by atoms with E-state index in [2.05, 4.69) is 18.6 Å². The molecule has 1 saturated carbocycles. The molecule has 0 aliphatic heterocycles. The molecule has 1 aliphatic carbocycles. The SMILES string of the molecule is NCC1(c2cccc(Cl)c2)[CH]CCCC1. The molecule has 1 atom stereocenters. The Bertz CT molecular complexity index is 329. The third-order valence-electron chi connectivity index (χ3n) is 3.38. The first kappa shape index (κ1) is 11.0. The van der Waals surface area contributed by atoms with E-state index in [1.54, 1.807) is 0 Å². The molecule has 1 aliphatic rings. The molecule has 81 valence electrons. The average Bonchev–Trinajstić information content (AvgIpc) is 2.30. The summed E-state index contributed by atoms with van der Waals surface area (Å²) in [5.41, 5.74) is 7.29. The molecule has 2 N–H and O–H groups in total. The largest absolute Gasteiger partial charge is 0.330 e. The molecule has 0 amide bonds. The lowest BCUT2D eigenvalue weighted by molar-refractivity contribution is 0.383. The van der Waals surface area contributed by atoms with Gasteiger partial charge in [-0.1, -0.05) is 36.6 Å². The van der Waals surface area contributed by atoms with Crippen LogP contribution in [0.3, 0.4) is 0 Å². The Labute approximate surface area is 96.6 Å². The van der Waals surface area contributed by atoms with E-state index in [0.29, 0.717) is 6.54 Å². The molecule has 1 radical (unpaired) electrons. The number of benzene rings is 1. The van der Waals surface area contributed by atoms with E-state index < -0.39 is 0 Å². The summed E-state index contributed by atoms with van der Waals surface area (Å²) in [5.74, 6) is 0. The molecule has 0 saturated heterocycles. The van der Waals surface area contributed by atoms with Crippen LogP contribution in [0.5, 0.6) is 0 Å². The number of hydrogen-bond acceptors (Lipinski definition) is 1. The summed E-state index contributed by atoms with van der Waals surface area (Å²) in [6.07, 6.45) is 7.26. The van der Waals surface area contributed by atoms with Crippen molar-refractivity contribution in [3.05, 3.63) is 41.3 Å². The van der Waals surface area contributed by atoms with Gasteiger partial charge in [-0.05, 0) is 37.0 Å². The minimum atomic E-state index is 0.0726. The van der Waals surface area contributed by atoms with Crippen molar-refractivity contribution in [2.24, 2.45) is 5.73 Å². The Morgan fingerprint density at radius 3 is 2.80 bits per heavy atom. The summed E-state index contributed by atoms with van der Waals surface area (Å²) in [5, 5.41) is 0.805. The molecule has 1 aromatic rings. The minimum absolute atomic E-state index is 0.0726. The highest BCUT2D eigenvalue weighted by molar-refractivity contribution is 6.30. The number of rotatable bonds is 2. The molecule has 0 spiro atoms. The Morgan fingerprint density at radius 1 is 1.33 bits per heavy atom. The van der Waals surface area contributed by atoms with E-state index in [9.17, 15) is 0 Å². The summed E-state index contributed by atoms with van der Waals surface area (Å²) in [6.45, 7) is 0.688. The molecule has 1 nitrogen and oxygen atoms in total. The van der Waals surface area contributed by atoms with Gasteiger partial charge in [0.25, 0.3) is 0 Å². The zero-order valence-corrected chi connectivity index (χ0v) is 9.63. The first-order chi connectivity index (χ1) is 7.27. The van der Waals surface area contributed by atoms with Gasteiger partial charge in [-0.15, -0.1) is 0 Å². The molecule has 1 fully saturated rings. The Kier molecular flexibility index (Phi) is 3.32. The van der Waals surface area contributed by atoms with E-state index in [0.717, 1.165) is 11.4 Å². The maximum absolute atomic E-state index is 6.03. The predicted octanol–water partition coefficient (Wildman–Crippen LogP) is 3.31. The molecule has 1 unspecified atom stereocenters. The molecule has 0 aromatic heterocycles. The molecular weight excluding hydrogens is 206 g/mol. The zero-order valence-electron chi connectivity index (χ0n) is 8.88. The van der Waals surface area contributed by atoms with Gasteiger partial charge >= 0.3 is 0 Å². The second-order valence-electron chi connectivity index (χ2n) is 4.32. The van der Waals surface area contributed by atoms with Crippen LogP contribution in [0.1, 0.15) is 31.2 Å². The van der Waals surface area contributed by atoms with E-state index >= 15 is 0 Å². The summed E-state index contributed by atoms with van der Waals surface area (Å²) < 4.78 is 0. The van der Waals surface area contributed by atoms with Crippen LogP contribution in [-0.2, 0) is 5.41 Å². The van der Waals surface area contributed by atoms with Crippen LogP contribution in [0.25, 0.3) is 0 Å². The van der Waals surface area contributed by atoms with Crippen molar-refractivity contribution >= 4 is 11.6 Å². The zero-order chi connectivity index (χ0) is 10.7. The van der Waals surface area contributed by atoms with Crippen molar-refractivity contribution in [1.82, 2.24) is 0 Å². The minimum Gasteiger partial charge on any atom is -0.330 e. The van der Waals surface area contributed by atoms with Gasteiger partial charge in [0, 0.05) is 17.0 Å². The predicted molar refractivity (Wildman–Crippen MR) is 65.0 cm³/mol. The van der Waals surface area contributed by atoms with Crippen LogP contribution in [-0.4, -0.2) is 6.54 Å². The van der Waals surface area contributed by atoms with Crippen LogP contribution >= 0.6 is 11.6 Å². The van der Waals surface area contributed by atoms with E-state index in [-0.39, 0.29) is 5.41 Å². The van der Waals surface area contributed by atoms with Gasteiger partial charge in [0.2, 0.25) is 0 Å². The van der Waals surface area contributed by atoms with Crippen molar-refractivity contribution in [1.29, 1.82) is 0 Å². The van der Waals surface area contributed by atoms with Gasteiger partial charge in [0.05, 0.1) is 0 Å². The first-order valence-corrected chi connectivity index (χ1v) is 5.95. The second-order valence-corrected chi connectivity index (χ2v) is 4.76. The number of hydrogen-bond donors (Lipinski definition) is 1. The highest BCUT2D eigenvalue weighted by Crippen LogP contribution is 2.38. The molecule has 2 heteroatoms. The smallest absolute Gasteiger partial charge is 0.0408 e. The normalized spacial score (nSPS) is 20.1. The van der Waals surface area contributed by atoms with Crippen molar-refractivity contribution in [2.75, 3.05) is 6.54 Å². The fourth-order valence-corrected chi connectivity index (χ4v) is 2.62. The van der Waals surface area contributed by atoms with Gasteiger partial charge in [-0.3, -0.25) is 0 Å². The molecular formula is C13H17ClN. The lowest BCUT2D eigenvalue weighted by Gasteiger charge is -2.36. The fourth-order valence-electron chi connectivity index (χ4n) is 2.43. The average molecular weight is 223 g/mol. The summed E-state index contributed by atoms with van der Waals surface area (Å²) in [6, 6.07) is 8.12. The highest BCUT2D eigenvalue weighted by Gasteiger charge is 2.32. The Balaban J connectivity index is 2.32. The quantitative estimate of drug-likeness (QED) is 0.817. The van der Waals surface area contributed by atoms with Crippen LogP contribution in [0, 0.1) is 6.42 Å². The van der Waals surface area contributed by atoms with Crippen LogP contribution < -0.4 is 5.73 Å². The standard InChI is InChI=1S/C13H17ClN/c14-12-6-4-5-11(9-12)13(10-15)7-2-1-3-8-13/h4-7,9H,1-3,8,10,15H2. The molecule has 15 heavy (non-hydrogen) atoms. The number of halogens is 1. The van der Waals surface area contributed by atoms with Gasteiger partial charge in [0.1, 0.15) is 0 Å². The third kappa shape index (κ3) is 2.19. The summed E-state index contributed by atoms with van der Waals surface area (Å²) in [7, 11) is 0. The molecule has 1 aromatic carbocycles. The lowest BCUT2D eigenvalue weighted by atomic mass is 9.69. The molecule has 0 heterocycles. The van der Waals surface area contributed by atoms with Gasteiger partial charge in [-0.25, -0.2) is 0 Å². The second kappa shape index (κ2) is 4.54. The number of nitrogens with two attached hydrogens (primary N) is 1. The van der Waals surface area contributed by atoms with Crippen molar-refractivity contribution in [2.45, 2.75) is 31.1 Å². The summed E-state index contributed by atoms with van der Waals surface area (Å²) in [4.78, 5) is 0. The van der Waals surface area contributed by atoms with E-state index in [4.69, 9.17) is 17.3 Å². The summed E-state index contributed by atoms with van der Waals surface area (Å²) >= 11 is 6.03. The maximum Gasteiger partial charge on any atom is 0.0408 e. The molecule has 0 bridgehead atoms.